The number of benzene rings is 1. The first-order chi connectivity index (χ1) is 9.11. The molecule has 3 N–H and O–H groups in total. The first kappa shape index (κ1) is 16.8. The molecule has 2 atom stereocenters. The van der Waals surface area contributed by atoms with Crippen molar-refractivity contribution in [2.45, 2.75) is 13.0 Å². The Morgan fingerprint density at radius 3 is 2.85 bits per heavy atom. The molecule has 1 aliphatic heterocycles. The van der Waals surface area contributed by atoms with E-state index in [0.717, 1.165) is 12.1 Å². The SMILES string of the molecule is COc1cc(C(=O)NCC2CNCC2O)ccc1C.Cl. The summed E-state index contributed by atoms with van der Waals surface area (Å²) in [6.07, 6.45) is -0.382. The summed E-state index contributed by atoms with van der Waals surface area (Å²) in [5.74, 6) is 0.643. The monoisotopic (exact) mass is 300 g/mol. The Balaban J connectivity index is 0.00000200. The maximum absolute atomic E-state index is 12.0. The number of aryl methyl sites for hydroxylation is 1. The third kappa shape index (κ3) is 3.85. The minimum Gasteiger partial charge on any atom is -0.496 e. The summed E-state index contributed by atoms with van der Waals surface area (Å²) in [7, 11) is 1.59. The molecule has 6 heteroatoms. The molecule has 1 aliphatic rings. The molecule has 1 aromatic carbocycles. The molecule has 5 nitrogen and oxygen atoms in total. The fourth-order valence-corrected chi connectivity index (χ4v) is 2.21. The number of halogens is 1. The average molecular weight is 301 g/mol. The number of aliphatic hydroxyl groups is 1. The summed E-state index contributed by atoms with van der Waals surface area (Å²) < 4.78 is 5.20. The first-order valence-corrected chi connectivity index (χ1v) is 6.43. The van der Waals surface area contributed by atoms with Crippen molar-refractivity contribution in [2.75, 3.05) is 26.7 Å². The van der Waals surface area contributed by atoms with Crippen LogP contribution in [0.25, 0.3) is 0 Å². The van der Waals surface area contributed by atoms with Crippen LogP contribution in [0.1, 0.15) is 15.9 Å². The number of nitrogens with one attached hydrogen (secondary N) is 2. The smallest absolute Gasteiger partial charge is 0.251 e. The van der Waals surface area contributed by atoms with E-state index in [2.05, 4.69) is 10.6 Å². The maximum atomic E-state index is 12.0. The number of β-amino-alcohol motifs (C(OH)–C–C–N with tert-alkyl or cyclic N) is 1. The van der Waals surface area contributed by atoms with Crippen LogP contribution in [0.4, 0.5) is 0 Å². The third-order valence-corrected chi connectivity index (χ3v) is 3.50. The van der Waals surface area contributed by atoms with Crippen molar-refractivity contribution in [2.24, 2.45) is 5.92 Å². The van der Waals surface area contributed by atoms with Crippen LogP contribution >= 0.6 is 12.4 Å². The highest BCUT2D eigenvalue weighted by molar-refractivity contribution is 5.94. The zero-order valence-corrected chi connectivity index (χ0v) is 12.5. The van der Waals surface area contributed by atoms with Crippen LogP contribution in [0.5, 0.6) is 5.75 Å². The number of amides is 1. The van der Waals surface area contributed by atoms with Crippen LogP contribution in [0.15, 0.2) is 18.2 Å². The molecule has 0 aromatic heterocycles. The van der Waals surface area contributed by atoms with E-state index in [-0.39, 0.29) is 30.3 Å². The second-order valence-electron chi connectivity index (χ2n) is 4.88. The van der Waals surface area contributed by atoms with Gasteiger partial charge in [0, 0.05) is 31.1 Å². The fraction of sp³-hybridized carbons (Fsp3) is 0.500. The Kier molecular flexibility index (Phi) is 6.26. The molecule has 112 valence electrons. The van der Waals surface area contributed by atoms with Crippen molar-refractivity contribution in [1.29, 1.82) is 0 Å². The van der Waals surface area contributed by atoms with E-state index in [1.54, 1.807) is 19.2 Å². The van der Waals surface area contributed by atoms with Crippen LogP contribution in [-0.2, 0) is 0 Å². The number of carbonyl (C=O) groups excluding carboxylic acids is 1. The lowest BCUT2D eigenvalue weighted by atomic mass is 10.1. The zero-order valence-electron chi connectivity index (χ0n) is 11.7. The Labute approximate surface area is 125 Å². The van der Waals surface area contributed by atoms with Gasteiger partial charge in [0.1, 0.15) is 5.75 Å². The Hall–Kier alpha value is -1.30. The van der Waals surface area contributed by atoms with E-state index >= 15 is 0 Å². The Morgan fingerprint density at radius 2 is 2.25 bits per heavy atom. The van der Waals surface area contributed by atoms with Gasteiger partial charge >= 0.3 is 0 Å². The molecule has 2 rings (SSSR count). The van der Waals surface area contributed by atoms with Crippen LogP contribution in [0.3, 0.4) is 0 Å². The summed E-state index contributed by atoms with van der Waals surface area (Å²) >= 11 is 0. The molecule has 1 saturated heterocycles. The molecule has 0 bridgehead atoms. The van der Waals surface area contributed by atoms with Crippen LogP contribution in [0.2, 0.25) is 0 Å². The van der Waals surface area contributed by atoms with E-state index in [1.165, 1.54) is 0 Å². The van der Waals surface area contributed by atoms with Gasteiger partial charge in [-0.3, -0.25) is 4.79 Å². The maximum Gasteiger partial charge on any atom is 0.251 e. The molecular weight excluding hydrogens is 280 g/mol. The lowest BCUT2D eigenvalue weighted by Gasteiger charge is -2.14. The molecule has 1 heterocycles. The average Bonchev–Trinajstić information content (AvgIpc) is 2.82. The predicted octanol–water partition coefficient (Wildman–Crippen LogP) is 0.736. The highest BCUT2D eigenvalue weighted by Crippen LogP contribution is 2.19. The molecule has 0 spiro atoms. The van der Waals surface area contributed by atoms with Crippen molar-refractivity contribution >= 4 is 18.3 Å². The number of carbonyl (C=O) groups is 1. The first-order valence-electron chi connectivity index (χ1n) is 6.43. The van der Waals surface area contributed by atoms with E-state index in [9.17, 15) is 9.90 Å². The van der Waals surface area contributed by atoms with Crippen molar-refractivity contribution in [3.05, 3.63) is 29.3 Å². The van der Waals surface area contributed by atoms with Crippen LogP contribution in [-0.4, -0.2) is 43.9 Å². The number of hydrogen-bond acceptors (Lipinski definition) is 4. The molecule has 1 amide bonds. The molecule has 1 aromatic rings. The normalized spacial score (nSPS) is 21.1. The van der Waals surface area contributed by atoms with Gasteiger partial charge in [0.2, 0.25) is 0 Å². The van der Waals surface area contributed by atoms with E-state index in [1.807, 2.05) is 13.0 Å². The standard InChI is InChI=1S/C14H20N2O3.ClH/c1-9-3-4-10(5-13(9)19-2)14(18)16-7-11-6-15-8-12(11)17;/h3-5,11-12,15,17H,6-8H2,1-2H3,(H,16,18);1H. The van der Waals surface area contributed by atoms with E-state index in [0.29, 0.717) is 24.4 Å². The summed E-state index contributed by atoms with van der Waals surface area (Å²) in [5, 5.41) is 15.6. The molecule has 0 radical (unpaired) electrons. The minimum atomic E-state index is -0.382. The van der Waals surface area contributed by atoms with Gasteiger partial charge in [-0.2, -0.15) is 0 Å². The zero-order chi connectivity index (χ0) is 13.8. The van der Waals surface area contributed by atoms with Gasteiger partial charge in [-0.15, -0.1) is 12.4 Å². The molecule has 0 saturated carbocycles. The molecule has 2 unspecified atom stereocenters. The van der Waals surface area contributed by atoms with Gasteiger partial charge in [0.05, 0.1) is 13.2 Å². The Bertz CT molecular complexity index is 468. The van der Waals surface area contributed by atoms with Gasteiger partial charge in [-0.25, -0.2) is 0 Å². The van der Waals surface area contributed by atoms with Gasteiger partial charge in [-0.1, -0.05) is 6.07 Å². The van der Waals surface area contributed by atoms with Crippen LogP contribution < -0.4 is 15.4 Å². The number of methoxy groups -OCH3 is 1. The van der Waals surface area contributed by atoms with Crippen LogP contribution in [0, 0.1) is 12.8 Å². The molecular formula is C14H21ClN2O3. The topological polar surface area (TPSA) is 70.6 Å². The van der Waals surface area contributed by atoms with Crippen molar-refractivity contribution in [1.82, 2.24) is 10.6 Å². The summed E-state index contributed by atoms with van der Waals surface area (Å²) in [6.45, 7) is 3.74. The summed E-state index contributed by atoms with van der Waals surface area (Å²) in [4.78, 5) is 12.0. The lowest BCUT2D eigenvalue weighted by Crippen LogP contribution is -2.34. The summed E-state index contributed by atoms with van der Waals surface area (Å²) in [5.41, 5.74) is 1.57. The second-order valence-corrected chi connectivity index (χ2v) is 4.88. The van der Waals surface area contributed by atoms with E-state index < -0.39 is 0 Å². The number of aliphatic hydroxyl groups excluding tert-OH is 1. The number of rotatable bonds is 4. The van der Waals surface area contributed by atoms with Gasteiger partial charge in [-0.05, 0) is 24.6 Å². The van der Waals surface area contributed by atoms with Gasteiger partial charge in [0.15, 0.2) is 0 Å². The van der Waals surface area contributed by atoms with Crippen molar-refractivity contribution in [3.8, 4) is 5.75 Å². The molecule has 1 fully saturated rings. The predicted molar refractivity (Wildman–Crippen MR) is 79.7 cm³/mol. The second kappa shape index (κ2) is 7.47. The molecule has 20 heavy (non-hydrogen) atoms. The largest absolute Gasteiger partial charge is 0.496 e. The minimum absolute atomic E-state index is 0. The quantitative estimate of drug-likeness (QED) is 0.767. The fourth-order valence-electron chi connectivity index (χ4n) is 2.21. The highest BCUT2D eigenvalue weighted by Gasteiger charge is 2.25. The highest BCUT2D eigenvalue weighted by atomic mass is 35.5. The van der Waals surface area contributed by atoms with E-state index in [4.69, 9.17) is 4.74 Å². The summed E-state index contributed by atoms with van der Waals surface area (Å²) in [6, 6.07) is 5.37. The third-order valence-electron chi connectivity index (χ3n) is 3.50. The van der Waals surface area contributed by atoms with Gasteiger partial charge in [0.25, 0.3) is 5.91 Å². The van der Waals surface area contributed by atoms with Gasteiger partial charge < -0.3 is 20.5 Å². The lowest BCUT2D eigenvalue weighted by molar-refractivity contribution is 0.0926. The van der Waals surface area contributed by atoms with Crippen molar-refractivity contribution in [3.63, 3.8) is 0 Å². The van der Waals surface area contributed by atoms with Crippen molar-refractivity contribution < 1.29 is 14.6 Å². The number of hydrogen-bond donors (Lipinski definition) is 3. The number of ether oxygens (including phenoxy) is 1. The molecule has 0 aliphatic carbocycles. The Morgan fingerprint density at radius 1 is 1.50 bits per heavy atom.